The first-order chi connectivity index (χ1) is 19.7. The van der Waals surface area contributed by atoms with Crippen LogP contribution < -0.4 is 18.9 Å². The maximum atomic E-state index is 12.7. The van der Waals surface area contributed by atoms with Crippen LogP contribution in [-0.2, 0) is 36.6 Å². The molecule has 0 saturated carbocycles. The van der Waals surface area contributed by atoms with Gasteiger partial charge in [-0.25, -0.2) is 0 Å². The lowest BCUT2D eigenvalue weighted by Crippen LogP contribution is -2.61. The lowest BCUT2D eigenvalue weighted by molar-refractivity contribution is -0.281. The molecule has 2 aliphatic heterocycles. The molecule has 7 atom stereocenters. The average molecular weight is 577 g/mol. The van der Waals surface area contributed by atoms with Crippen LogP contribution in [0, 0.1) is 11.8 Å². The van der Waals surface area contributed by atoms with Crippen molar-refractivity contribution >= 4 is 11.9 Å². The van der Waals surface area contributed by atoms with E-state index in [9.17, 15) is 24.9 Å². The standard InChI is InChI=1S/C29H36O12/c1-15(31)39-27-25(32)24(13-30)41-29(26(27)33)40-21-8-6-17(12-23(21)37-4)10-19-18(14-38-28(19)34)9-16-5-7-20(35-2)22(11-16)36-3/h5-8,11-12,18-19,24-27,29-30,32-33H,9-10,13-14H2,1-4H3. The zero-order chi connectivity index (χ0) is 29.7. The number of carbonyl (C=O) groups excluding carboxylic acids is 2. The van der Waals surface area contributed by atoms with Crippen LogP contribution in [0.4, 0.5) is 0 Å². The van der Waals surface area contributed by atoms with Crippen LogP contribution in [0.1, 0.15) is 18.1 Å². The van der Waals surface area contributed by atoms with E-state index < -0.39 is 43.3 Å². The van der Waals surface area contributed by atoms with Gasteiger partial charge in [0.05, 0.1) is 40.5 Å². The van der Waals surface area contributed by atoms with E-state index in [-0.39, 0.29) is 23.6 Å². The Bertz CT molecular complexity index is 1220. The highest BCUT2D eigenvalue weighted by atomic mass is 16.7. The van der Waals surface area contributed by atoms with Gasteiger partial charge in [0.2, 0.25) is 6.29 Å². The van der Waals surface area contributed by atoms with Crippen molar-refractivity contribution < 1.29 is 58.1 Å². The summed E-state index contributed by atoms with van der Waals surface area (Å²) in [6, 6.07) is 10.7. The first-order valence-electron chi connectivity index (χ1n) is 13.2. The van der Waals surface area contributed by atoms with E-state index in [4.69, 9.17) is 33.2 Å². The summed E-state index contributed by atoms with van der Waals surface area (Å²) in [5, 5.41) is 30.6. The van der Waals surface area contributed by atoms with Gasteiger partial charge in [-0.05, 0) is 48.2 Å². The summed E-state index contributed by atoms with van der Waals surface area (Å²) in [5.74, 6) is 0.284. The molecule has 4 rings (SSSR count). The minimum absolute atomic E-state index is 0.0617. The number of rotatable bonds is 11. The highest BCUT2D eigenvalue weighted by molar-refractivity contribution is 5.75. The largest absolute Gasteiger partial charge is 0.493 e. The predicted octanol–water partition coefficient (Wildman–Crippen LogP) is 1.04. The fourth-order valence-corrected chi connectivity index (χ4v) is 5.16. The van der Waals surface area contributed by atoms with Crippen molar-refractivity contribution in [2.24, 2.45) is 11.8 Å². The van der Waals surface area contributed by atoms with E-state index in [0.29, 0.717) is 36.7 Å². The molecule has 2 saturated heterocycles. The highest BCUT2D eigenvalue weighted by Crippen LogP contribution is 2.36. The number of hydrogen-bond acceptors (Lipinski definition) is 12. The Kier molecular flexibility index (Phi) is 9.92. The molecule has 2 aromatic carbocycles. The number of cyclic esters (lactones) is 1. The summed E-state index contributed by atoms with van der Waals surface area (Å²) in [6.45, 7) is 0.844. The second-order valence-corrected chi connectivity index (χ2v) is 9.98. The molecule has 2 aromatic rings. The lowest BCUT2D eigenvalue weighted by Gasteiger charge is -2.41. The minimum Gasteiger partial charge on any atom is -0.493 e. The van der Waals surface area contributed by atoms with Gasteiger partial charge >= 0.3 is 11.9 Å². The van der Waals surface area contributed by atoms with E-state index in [1.54, 1.807) is 32.4 Å². The van der Waals surface area contributed by atoms with Gasteiger partial charge in [0.1, 0.15) is 12.2 Å². The maximum Gasteiger partial charge on any atom is 0.309 e. The summed E-state index contributed by atoms with van der Waals surface area (Å²) in [4.78, 5) is 24.2. The smallest absolute Gasteiger partial charge is 0.309 e. The van der Waals surface area contributed by atoms with Gasteiger partial charge in [-0.2, -0.15) is 0 Å². The number of aliphatic hydroxyl groups excluding tert-OH is 3. The molecule has 0 aliphatic carbocycles. The molecule has 0 bridgehead atoms. The molecular formula is C29H36O12. The first-order valence-corrected chi connectivity index (χ1v) is 13.2. The topological polar surface area (TPSA) is 159 Å². The minimum atomic E-state index is -1.55. The number of benzene rings is 2. The third kappa shape index (κ3) is 6.84. The number of carbonyl (C=O) groups is 2. The van der Waals surface area contributed by atoms with Crippen molar-refractivity contribution in [3.63, 3.8) is 0 Å². The molecule has 12 heteroatoms. The second kappa shape index (κ2) is 13.4. The Labute approximate surface area is 237 Å². The van der Waals surface area contributed by atoms with E-state index in [1.807, 2.05) is 18.2 Å². The van der Waals surface area contributed by atoms with Gasteiger partial charge in [-0.3, -0.25) is 9.59 Å². The van der Waals surface area contributed by atoms with Crippen molar-refractivity contribution in [1.29, 1.82) is 0 Å². The van der Waals surface area contributed by atoms with Gasteiger partial charge in [-0.15, -0.1) is 0 Å². The van der Waals surface area contributed by atoms with Crippen LogP contribution in [0.3, 0.4) is 0 Å². The number of hydrogen-bond donors (Lipinski definition) is 3. The van der Waals surface area contributed by atoms with Gasteiger partial charge < -0.3 is 48.5 Å². The summed E-state index contributed by atoms with van der Waals surface area (Å²) < 4.78 is 38.1. The zero-order valence-corrected chi connectivity index (χ0v) is 23.3. The average Bonchev–Trinajstić information content (AvgIpc) is 3.30. The molecule has 0 aromatic heterocycles. The molecule has 0 radical (unpaired) electrons. The fourth-order valence-electron chi connectivity index (χ4n) is 5.16. The quantitative estimate of drug-likeness (QED) is 0.327. The predicted molar refractivity (Wildman–Crippen MR) is 142 cm³/mol. The highest BCUT2D eigenvalue weighted by Gasteiger charge is 2.48. The van der Waals surface area contributed by atoms with Crippen LogP contribution in [-0.4, -0.2) is 92.5 Å². The van der Waals surface area contributed by atoms with Crippen LogP contribution in [0.5, 0.6) is 23.0 Å². The summed E-state index contributed by atoms with van der Waals surface area (Å²) >= 11 is 0. The molecular weight excluding hydrogens is 540 g/mol. The molecule has 2 aliphatic rings. The molecule has 0 amide bonds. The van der Waals surface area contributed by atoms with Crippen molar-refractivity contribution in [3.8, 4) is 23.0 Å². The summed E-state index contributed by atoms with van der Waals surface area (Å²) in [7, 11) is 4.58. The monoisotopic (exact) mass is 576 g/mol. The maximum absolute atomic E-state index is 12.7. The van der Waals surface area contributed by atoms with Crippen molar-refractivity contribution in [1.82, 2.24) is 0 Å². The van der Waals surface area contributed by atoms with Gasteiger partial charge in [0, 0.05) is 12.8 Å². The Morgan fingerprint density at radius 1 is 0.902 bits per heavy atom. The number of esters is 2. The number of aliphatic hydroxyl groups is 3. The normalized spacial score (nSPS) is 27.6. The first kappa shape index (κ1) is 30.4. The van der Waals surface area contributed by atoms with Gasteiger partial charge in [0.25, 0.3) is 0 Å². The molecule has 7 unspecified atom stereocenters. The second-order valence-electron chi connectivity index (χ2n) is 9.98. The number of methoxy groups -OCH3 is 3. The molecule has 0 spiro atoms. The van der Waals surface area contributed by atoms with Crippen LogP contribution in [0.15, 0.2) is 36.4 Å². The summed E-state index contributed by atoms with van der Waals surface area (Å²) in [6.07, 6.45) is -5.92. The van der Waals surface area contributed by atoms with E-state index in [1.165, 1.54) is 7.11 Å². The van der Waals surface area contributed by atoms with Gasteiger partial charge in [0.15, 0.2) is 35.2 Å². The Morgan fingerprint density at radius 2 is 1.51 bits per heavy atom. The molecule has 12 nitrogen and oxygen atoms in total. The summed E-state index contributed by atoms with van der Waals surface area (Å²) in [5.41, 5.74) is 1.78. The van der Waals surface area contributed by atoms with Crippen molar-refractivity contribution in [2.75, 3.05) is 34.5 Å². The van der Waals surface area contributed by atoms with E-state index in [2.05, 4.69) is 0 Å². The Balaban J connectivity index is 1.48. The third-order valence-corrected chi connectivity index (χ3v) is 7.31. The SMILES string of the molecule is COc1ccc(CC2COC(=O)C2Cc2ccc(OC3OC(CO)C(O)C(OC(C)=O)C3O)c(OC)c2)cc1OC. The Hall–Kier alpha value is -3.58. The van der Waals surface area contributed by atoms with Gasteiger partial charge in [-0.1, -0.05) is 12.1 Å². The van der Waals surface area contributed by atoms with Crippen LogP contribution in [0.25, 0.3) is 0 Å². The van der Waals surface area contributed by atoms with Crippen LogP contribution in [0.2, 0.25) is 0 Å². The molecule has 224 valence electrons. The molecule has 2 heterocycles. The molecule has 3 N–H and O–H groups in total. The van der Waals surface area contributed by atoms with Crippen LogP contribution >= 0.6 is 0 Å². The fraction of sp³-hybridized carbons (Fsp3) is 0.517. The third-order valence-electron chi connectivity index (χ3n) is 7.31. The van der Waals surface area contributed by atoms with E-state index >= 15 is 0 Å². The zero-order valence-electron chi connectivity index (χ0n) is 23.3. The molecule has 2 fully saturated rings. The lowest BCUT2D eigenvalue weighted by atomic mass is 9.85. The number of ether oxygens (including phenoxy) is 7. The van der Waals surface area contributed by atoms with Crippen molar-refractivity contribution in [2.45, 2.75) is 50.5 Å². The Morgan fingerprint density at radius 3 is 2.12 bits per heavy atom. The van der Waals surface area contributed by atoms with E-state index in [0.717, 1.165) is 18.1 Å². The van der Waals surface area contributed by atoms with Crippen molar-refractivity contribution in [3.05, 3.63) is 47.5 Å². The molecule has 41 heavy (non-hydrogen) atoms.